The maximum Gasteiger partial charge on any atom is 0.0628 e. The third kappa shape index (κ3) is 4.17. The van der Waals surface area contributed by atoms with E-state index in [1.165, 1.54) is 12.8 Å². The third-order valence-corrected chi connectivity index (χ3v) is 4.66. The van der Waals surface area contributed by atoms with E-state index in [4.69, 9.17) is 4.74 Å². The summed E-state index contributed by atoms with van der Waals surface area (Å²) in [5.41, 5.74) is -0.0907. The van der Waals surface area contributed by atoms with E-state index in [1.54, 1.807) is 0 Å². The number of hydrogen-bond acceptors (Lipinski definition) is 4. The summed E-state index contributed by atoms with van der Waals surface area (Å²) in [5.74, 6) is 0.652. The Hall–Kier alpha value is -0.160. The number of nitrogens with zero attached hydrogens (tertiary/aromatic N) is 1. The van der Waals surface area contributed by atoms with Crippen molar-refractivity contribution >= 4 is 0 Å². The van der Waals surface area contributed by atoms with Gasteiger partial charge in [-0.1, -0.05) is 13.8 Å². The first-order valence-corrected chi connectivity index (χ1v) is 8.32. The van der Waals surface area contributed by atoms with Crippen LogP contribution in [0, 0.1) is 5.92 Å². The van der Waals surface area contributed by atoms with Gasteiger partial charge in [0.25, 0.3) is 0 Å². The van der Waals surface area contributed by atoms with E-state index in [9.17, 15) is 5.11 Å². The molecule has 4 heteroatoms. The summed E-state index contributed by atoms with van der Waals surface area (Å²) in [4.78, 5) is 2.51. The zero-order chi connectivity index (χ0) is 14.6. The van der Waals surface area contributed by atoms with Gasteiger partial charge in [0.2, 0.25) is 0 Å². The Balaban J connectivity index is 1.88. The third-order valence-electron chi connectivity index (χ3n) is 4.66. The lowest BCUT2D eigenvalue weighted by Gasteiger charge is -2.42. The lowest BCUT2D eigenvalue weighted by atomic mass is 9.91. The topological polar surface area (TPSA) is 44.7 Å². The fourth-order valence-corrected chi connectivity index (χ4v) is 3.60. The largest absolute Gasteiger partial charge is 0.394 e. The van der Waals surface area contributed by atoms with Gasteiger partial charge in [-0.05, 0) is 38.5 Å². The maximum atomic E-state index is 9.99. The number of piperidine rings is 1. The minimum atomic E-state index is -0.0907. The summed E-state index contributed by atoms with van der Waals surface area (Å²) in [5, 5.41) is 13.7. The zero-order valence-electron chi connectivity index (χ0n) is 13.4. The molecule has 1 aliphatic carbocycles. The van der Waals surface area contributed by atoms with Gasteiger partial charge in [-0.25, -0.2) is 0 Å². The Bertz CT molecular complexity index is 286. The second-order valence-electron chi connectivity index (χ2n) is 6.82. The van der Waals surface area contributed by atoms with Crippen molar-refractivity contribution < 1.29 is 9.84 Å². The summed E-state index contributed by atoms with van der Waals surface area (Å²) in [6.07, 6.45) is 5.22. The zero-order valence-corrected chi connectivity index (χ0v) is 13.4. The SMILES string of the molecule is CCOC1CCN(CC(CO)(NC(C)C)C2CC2)CC1. The van der Waals surface area contributed by atoms with Crippen molar-refractivity contribution in [2.45, 2.75) is 64.1 Å². The van der Waals surface area contributed by atoms with Crippen LogP contribution in [0.2, 0.25) is 0 Å². The van der Waals surface area contributed by atoms with Gasteiger partial charge in [-0.3, -0.25) is 0 Å². The number of nitrogens with one attached hydrogen (secondary N) is 1. The lowest BCUT2D eigenvalue weighted by molar-refractivity contribution is -0.000173. The van der Waals surface area contributed by atoms with Crippen molar-refractivity contribution in [1.29, 1.82) is 0 Å². The Morgan fingerprint density at radius 1 is 1.25 bits per heavy atom. The van der Waals surface area contributed by atoms with Gasteiger partial charge >= 0.3 is 0 Å². The summed E-state index contributed by atoms with van der Waals surface area (Å²) < 4.78 is 5.72. The van der Waals surface area contributed by atoms with Crippen LogP contribution in [0.4, 0.5) is 0 Å². The summed E-state index contributed by atoms with van der Waals surface area (Å²) in [6.45, 7) is 10.7. The quantitative estimate of drug-likeness (QED) is 0.711. The molecule has 2 fully saturated rings. The number of hydrogen-bond donors (Lipinski definition) is 2. The first-order chi connectivity index (χ1) is 9.59. The van der Waals surface area contributed by atoms with Crippen molar-refractivity contribution in [2.75, 3.05) is 32.8 Å². The highest BCUT2D eigenvalue weighted by Crippen LogP contribution is 2.40. The molecule has 2 N–H and O–H groups in total. The molecule has 2 aliphatic rings. The lowest BCUT2D eigenvalue weighted by Crippen LogP contribution is -2.60. The normalized spacial score (nSPS) is 25.1. The standard InChI is InChI=1S/C16H32N2O2/c1-4-20-15-7-9-18(10-8-15)11-16(12-19,14-5-6-14)17-13(2)3/h13-15,17,19H,4-12H2,1-3H3. The molecule has 0 aromatic carbocycles. The summed E-state index contributed by atoms with van der Waals surface area (Å²) in [6, 6.07) is 0.420. The number of rotatable bonds is 8. The second kappa shape index (κ2) is 7.21. The first kappa shape index (κ1) is 16.2. The Morgan fingerprint density at radius 3 is 2.35 bits per heavy atom. The smallest absolute Gasteiger partial charge is 0.0628 e. The molecule has 0 aromatic heterocycles. The van der Waals surface area contributed by atoms with Crippen molar-refractivity contribution in [3.63, 3.8) is 0 Å². The monoisotopic (exact) mass is 284 g/mol. The van der Waals surface area contributed by atoms with Gasteiger partial charge in [0, 0.05) is 32.3 Å². The number of aliphatic hydroxyl groups is 1. The maximum absolute atomic E-state index is 9.99. The van der Waals surface area contributed by atoms with Crippen LogP contribution in [-0.4, -0.2) is 60.5 Å². The van der Waals surface area contributed by atoms with E-state index >= 15 is 0 Å². The number of likely N-dealkylation sites (tertiary alicyclic amines) is 1. The molecule has 4 nitrogen and oxygen atoms in total. The van der Waals surface area contributed by atoms with E-state index < -0.39 is 0 Å². The predicted octanol–water partition coefficient (Wildman–Crippen LogP) is 1.63. The minimum absolute atomic E-state index is 0.0907. The average molecular weight is 284 g/mol. The van der Waals surface area contributed by atoms with Crippen molar-refractivity contribution in [2.24, 2.45) is 5.92 Å². The van der Waals surface area contributed by atoms with Crippen LogP contribution in [0.3, 0.4) is 0 Å². The average Bonchev–Trinajstić information content (AvgIpc) is 3.24. The van der Waals surface area contributed by atoms with Crippen LogP contribution >= 0.6 is 0 Å². The fraction of sp³-hybridized carbons (Fsp3) is 1.00. The molecule has 118 valence electrons. The van der Waals surface area contributed by atoms with Gasteiger partial charge in [-0.2, -0.15) is 0 Å². The van der Waals surface area contributed by atoms with Crippen LogP contribution in [-0.2, 0) is 4.74 Å². The molecule has 2 rings (SSSR count). The molecule has 0 aromatic rings. The molecule has 0 bridgehead atoms. The van der Waals surface area contributed by atoms with Gasteiger partial charge < -0.3 is 20.1 Å². The highest BCUT2D eigenvalue weighted by molar-refractivity contribution is 5.03. The Kier molecular flexibility index (Phi) is 5.84. The van der Waals surface area contributed by atoms with Crippen LogP contribution < -0.4 is 5.32 Å². The van der Waals surface area contributed by atoms with E-state index in [1.807, 2.05) is 0 Å². The summed E-state index contributed by atoms with van der Waals surface area (Å²) in [7, 11) is 0. The first-order valence-electron chi connectivity index (χ1n) is 8.32. The molecule has 1 unspecified atom stereocenters. The van der Waals surface area contributed by atoms with Crippen molar-refractivity contribution in [3.05, 3.63) is 0 Å². The van der Waals surface area contributed by atoms with Gasteiger partial charge in [0.15, 0.2) is 0 Å². The minimum Gasteiger partial charge on any atom is -0.394 e. The van der Waals surface area contributed by atoms with E-state index in [-0.39, 0.29) is 12.1 Å². The molecule has 1 heterocycles. The molecule has 0 radical (unpaired) electrons. The van der Waals surface area contributed by atoms with Crippen LogP contribution in [0.25, 0.3) is 0 Å². The molecule has 0 amide bonds. The van der Waals surface area contributed by atoms with Gasteiger partial charge in [0.05, 0.1) is 18.2 Å². The second-order valence-corrected chi connectivity index (χ2v) is 6.82. The predicted molar refractivity (Wildman–Crippen MR) is 81.9 cm³/mol. The Morgan fingerprint density at radius 2 is 1.90 bits per heavy atom. The molecular formula is C16H32N2O2. The highest BCUT2D eigenvalue weighted by atomic mass is 16.5. The molecule has 1 saturated carbocycles. The van der Waals surface area contributed by atoms with E-state index in [2.05, 4.69) is 31.0 Å². The fourth-order valence-electron chi connectivity index (χ4n) is 3.60. The number of aliphatic hydroxyl groups excluding tert-OH is 1. The van der Waals surface area contributed by atoms with Crippen LogP contribution in [0.1, 0.15) is 46.5 Å². The van der Waals surface area contributed by atoms with Gasteiger partial charge in [-0.15, -0.1) is 0 Å². The molecule has 20 heavy (non-hydrogen) atoms. The Labute approximate surface area is 123 Å². The van der Waals surface area contributed by atoms with E-state index in [0.29, 0.717) is 18.1 Å². The molecular weight excluding hydrogens is 252 g/mol. The number of ether oxygens (including phenoxy) is 1. The molecule has 1 saturated heterocycles. The van der Waals surface area contributed by atoms with Gasteiger partial charge in [0.1, 0.15) is 0 Å². The van der Waals surface area contributed by atoms with Crippen LogP contribution in [0.15, 0.2) is 0 Å². The highest BCUT2D eigenvalue weighted by Gasteiger charge is 2.46. The molecule has 0 spiro atoms. The van der Waals surface area contributed by atoms with E-state index in [0.717, 1.165) is 39.1 Å². The molecule has 1 atom stereocenters. The van der Waals surface area contributed by atoms with Crippen molar-refractivity contribution in [3.8, 4) is 0 Å². The van der Waals surface area contributed by atoms with Crippen molar-refractivity contribution in [1.82, 2.24) is 10.2 Å². The molecule has 1 aliphatic heterocycles. The van der Waals surface area contributed by atoms with Crippen LogP contribution in [0.5, 0.6) is 0 Å². The summed E-state index contributed by atoms with van der Waals surface area (Å²) >= 11 is 0.